The van der Waals surface area contributed by atoms with E-state index in [-0.39, 0.29) is 0 Å². The molecule has 100 valence electrons. The van der Waals surface area contributed by atoms with Crippen LogP contribution in [0.5, 0.6) is 11.8 Å². The molecule has 2 N–H and O–H groups in total. The average molecular weight is 266 g/mol. The van der Waals surface area contributed by atoms with E-state index >= 15 is 0 Å². The number of nitrogens with zero attached hydrogens (tertiary/aromatic N) is 3. The van der Waals surface area contributed by atoms with Crippen molar-refractivity contribution in [3.8, 4) is 11.8 Å². The van der Waals surface area contributed by atoms with Crippen LogP contribution in [0.25, 0.3) is 10.9 Å². The molecule has 20 heavy (non-hydrogen) atoms. The first-order valence-corrected chi connectivity index (χ1v) is 6.39. The Hall–Kier alpha value is -2.53. The van der Waals surface area contributed by atoms with Crippen molar-refractivity contribution in [2.24, 2.45) is 5.73 Å². The van der Waals surface area contributed by atoms with Crippen LogP contribution in [0.1, 0.15) is 5.56 Å². The third-order valence-corrected chi connectivity index (χ3v) is 2.90. The van der Waals surface area contributed by atoms with E-state index in [0.29, 0.717) is 18.3 Å². The molecule has 5 nitrogen and oxygen atoms in total. The highest BCUT2D eigenvalue weighted by molar-refractivity contribution is 5.79. The number of pyridine rings is 1. The van der Waals surface area contributed by atoms with Gasteiger partial charge < -0.3 is 10.5 Å². The molecule has 1 aromatic carbocycles. The smallest absolute Gasteiger partial charge is 0.321 e. The van der Waals surface area contributed by atoms with Crippen LogP contribution in [-0.4, -0.2) is 21.5 Å². The maximum Gasteiger partial charge on any atom is 0.321 e. The Morgan fingerprint density at radius 3 is 2.70 bits per heavy atom. The van der Waals surface area contributed by atoms with Gasteiger partial charge >= 0.3 is 6.01 Å². The monoisotopic (exact) mass is 266 g/mol. The predicted octanol–water partition coefficient (Wildman–Crippen LogP) is 2.32. The first-order chi connectivity index (χ1) is 9.85. The topological polar surface area (TPSA) is 73.9 Å². The van der Waals surface area contributed by atoms with Crippen molar-refractivity contribution in [1.82, 2.24) is 15.0 Å². The molecule has 0 aliphatic heterocycles. The largest absolute Gasteiger partial charge is 0.424 e. The third kappa shape index (κ3) is 2.73. The highest BCUT2D eigenvalue weighted by atomic mass is 16.5. The molecule has 3 aromatic rings. The van der Waals surface area contributed by atoms with Gasteiger partial charge in [0.1, 0.15) is 5.75 Å². The van der Waals surface area contributed by atoms with Crippen LogP contribution in [-0.2, 0) is 6.42 Å². The van der Waals surface area contributed by atoms with Gasteiger partial charge in [-0.15, -0.1) is 0 Å². The predicted molar refractivity (Wildman–Crippen MR) is 76.6 cm³/mol. The number of ether oxygens (including phenoxy) is 1. The maximum absolute atomic E-state index is 5.63. The van der Waals surface area contributed by atoms with Gasteiger partial charge in [0.2, 0.25) is 0 Å². The molecule has 0 fully saturated rings. The number of rotatable bonds is 4. The zero-order valence-corrected chi connectivity index (χ0v) is 10.9. The molecule has 0 atom stereocenters. The second-order valence-electron chi connectivity index (χ2n) is 4.37. The second-order valence-corrected chi connectivity index (χ2v) is 4.37. The summed E-state index contributed by atoms with van der Waals surface area (Å²) in [4.78, 5) is 12.6. The lowest BCUT2D eigenvalue weighted by atomic mass is 10.2. The van der Waals surface area contributed by atoms with Crippen molar-refractivity contribution in [2.45, 2.75) is 6.42 Å². The molecule has 0 amide bonds. The van der Waals surface area contributed by atoms with Gasteiger partial charge in [-0.3, -0.25) is 4.98 Å². The molecule has 3 rings (SSSR count). The number of hydrogen-bond donors (Lipinski definition) is 1. The molecule has 0 bridgehead atoms. The van der Waals surface area contributed by atoms with Gasteiger partial charge in [0.15, 0.2) is 0 Å². The molecule has 0 spiro atoms. The minimum absolute atomic E-state index is 0.320. The Morgan fingerprint density at radius 1 is 1.05 bits per heavy atom. The van der Waals surface area contributed by atoms with Crippen LogP contribution in [0.2, 0.25) is 0 Å². The van der Waals surface area contributed by atoms with Crippen molar-refractivity contribution in [3.63, 3.8) is 0 Å². The van der Waals surface area contributed by atoms with Gasteiger partial charge in [0.05, 0.1) is 5.52 Å². The SMILES string of the molecule is NCCc1cnc(Oc2ccc3cccnc3c2)nc1. The Labute approximate surface area is 116 Å². The van der Waals surface area contributed by atoms with E-state index in [1.165, 1.54) is 0 Å². The molecular weight excluding hydrogens is 252 g/mol. The normalized spacial score (nSPS) is 10.7. The molecular formula is C15H14N4O. The van der Waals surface area contributed by atoms with E-state index in [0.717, 1.165) is 22.9 Å². The lowest BCUT2D eigenvalue weighted by Gasteiger charge is -2.05. The number of nitrogens with two attached hydrogens (primary N) is 1. The van der Waals surface area contributed by atoms with E-state index < -0.39 is 0 Å². The van der Waals surface area contributed by atoms with Crippen LogP contribution in [0.4, 0.5) is 0 Å². The van der Waals surface area contributed by atoms with Crippen LogP contribution >= 0.6 is 0 Å². The first kappa shape index (κ1) is 12.5. The van der Waals surface area contributed by atoms with Gasteiger partial charge in [-0.1, -0.05) is 6.07 Å². The summed E-state index contributed by atoms with van der Waals surface area (Å²) in [5.41, 5.74) is 7.36. The molecule has 2 heterocycles. The first-order valence-electron chi connectivity index (χ1n) is 6.39. The quantitative estimate of drug-likeness (QED) is 0.784. The molecule has 0 saturated heterocycles. The molecule has 5 heteroatoms. The van der Waals surface area contributed by atoms with E-state index in [4.69, 9.17) is 10.5 Å². The van der Waals surface area contributed by atoms with Crippen molar-refractivity contribution in [1.29, 1.82) is 0 Å². The minimum Gasteiger partial charge on any atom is -0.424 e. The Morgan fingerprint density at radius 2 is 1.90 bits per heavy atom. The van der Waals surface area contributed by atoms with Crippen molar-refractivity contribution in [3.05, 3.63) is 54.5 Å². The van der Waals surface area contributed by atoms with Crippen molar-refractivity contribution < 1.29 is 4.74 Å². The van der Waals surface area contributed by atoms with Crippen molar-refractivity contribution in [2.75, 3.05) is 6.54 Å². The van der Waals surface area contributed by atoms with Gasteiger partial charge in [0, 0.05) is 30.0 Å². The Kier molecular flexibility index (Phi) is 3.52. The van der Waals surface area contributed by atoms with E-state index in [1.54, 1.807) is 18.6 Å². The Bertz CT molecular complexity index is 712. The summed E-state index contributed by atoms with van der Waals surface area (Å²) in [7, 11) is 0. The summed E-state index contributed by atoms with van der Waals surface area (Å²) in [6.45, 7) is 0.583. The minimum atomic E-state index is 0.320. The summed E-state index contributed by atoms with van der Waals surface area (Å²) < 4.78 is 5.63. The van der Waals surface area contributed by atoms with E-state index in [2.05, 4.69) is 15.0 Å². The molecule has 0 aliphatic carbocycles. The number of fused-ring (bicyclic) bond motifs is 1. The molecule has 0 aliphatic rings. The van der Waals surface area contributed by atoms with Gasteiger partial charge in [0.25, 0.3) is 0 Å². The molecule has 0 saturated carbocycles. The molecule has 0 unspecified atom stereocenters. The van der Waals surface area contributed by atoms with E-state index in [9.17, 15) is 0 Å². The van der Waals surface area contributed by atoms with Gasteiger partial charge in [-0.2, -0.15) is 0 Å². The molecule has 0 radical (unpaired) electrons. The summed E-state index contributed by atoms with van der Waals surface area (Å²) >= 11 is 0. The number of benzene rings is 1. The highest BCUT2D eigenvalue weighted by Crippen LogP contribution is 2.22. The fraction of sp³-hybridized carbons (Fsp3) is 0.133. The lowest BCUT2D eigenvalue weighted by molar-refractivity contribution is 0.441. The summed E-state index contributed by atoms with van der Waals surface area (Å²) in [5.74, 6) is 0.669. The summed E-state index contributed by atoms with van der Waals surface area (Å²) in [6.07, 6.45) is 5.98. The van der Waals surface area contributed by atoms with E-state index in [1.807, 2.05) is 30.3 Å². The Balaban J connectivity index is 1.81. The maximum atomic E-state index is 5.63. The number of aromatic nitrogens is 3. The zero-order chi connectivity index (χ0) is 13.8. The molecule has 2 aromatic heterocycles. The lowest BCUT2D eigenvalue weighted by Crippen LogP contribution is -2.03. The van der Waals surface area contributed by atoms with Crippen LogP contribution in [0, 0.1) is 0 Å². The van der Waals surface area contributed by atoms with Crippen LogP contribution < -0.4 is 10.5 Å². The summed E-state index contributed by atoms with van der Waals surface area (Å²) in [5, 5.41) is 1.07. The van der Waals surface area contributed by atoms with Gasteiger partial charge in [-0.05, 0) is 36.7 Å². The van der Waals surface area contributed by atoms with Gasteiger partial charge in [-0.25, -0.2) is 9.97 Å². The fourth-order valence-electron chi connectivity index (χ4n) is 1.91. The summed E-state index contributed by atoms with van der Waals surface area (Å²) in [6, 6.07) is 9.93. The number of hydrogen-bond acceptors (Lipinski definition) is 5. The fourth-order valence-corrected chi connectivity index (χ4v) is 1.91. The second kappa shape index (κ2) is 5.63. The highest BCUT2D eigenvalue weighted by Gasteiger charge is 2.02. The van der Waals surface area contributed by atoms with Crippen molar-refractivity contribution >= 4 is 10.9 Å². The standard InChI is InChI=1S/C15H14N4O/c16-6-5-11-9-18-15(19-10-11)20-13-4-3-12-2-1-7-17-14(12)8-13/h1-4,7-10H,5-6,16H2. The third-order valence-electron chi connectivity index (χ3n) is 2.90. The average Bonchev–Trinajstić information content (AvgIpc) is 2.49. The zero-order valence-electron chi connectivity index (χ0n) is 10.9. The van der Waals surface area contributed by atoms with Crippen LogP contribution in [0.15, 0.2) is 48.9 Å². The van der Waals surface area contributed by atoms with Crippen LogP contribution in [0.3, 0.4) is 0 Å².